The molecule has 1 aromatic rings. The second-order valence-corrected chi connectivity index (χ2v) is 7.58. The van der Waals surface area contributed by atoms with Crippen LogP contribution in [0.4, 0.5) is 0 Å². The fraction of sp³-hybridized carbons (Fsp3) is 0.600. The van der Waals surface area contributed by atoms with E-state index in [9.17, 15) is 14.7 Å². The fourth-order valence-electron chi connectivity index (χ4n) is 4.18. The van der Waals surface area contributed by atoms with Crippen molar-refractivity contribution >= 4 is 11.8 Å². The molecule has 1 atom stereocenters. The van der Waals surface area contributed by atoms with Gasteiger partial charge in [-0.05, 0) is 56.5 Å². The van der Waals surface area contributed by atoms with Gasteiger partial charge in [0.2, 0.25) is 11.8 Å². The van der Waals surface area contributed by atoms with Crippen LogP contribution >= 0.6 is 0 Å². The van der Waals surface area contributed by atoms with E-state index in [0.29, 0.717) is 12.5 Å². The molecule has 0 radical (unpaired) electrons. The molecule has 6 nitrogen and oxygen atoms in total. The molecule has 1 heterocycles. The summed E-state index contributed by atoms with van der Waals surface area (Å²) < 4.78 is 0. The number of phenolic OH excluding ortho intramolecular Hbond substituents is 1. The number of aromatic hydroxyl groups is 1. The molecular weight excluding hydrogens is 330 g/mol. The highest BCUT2D eigenvalue weighted by atomic mass is 16.3. The second-order valence-electron chi connectivity index (χ2n) is 7.58. The second kappa shape index (κ2) is 8.54. The van der Waals surface area contributed by atoms with Gasteiger partial charge in [-0.2, -0.15) is 0 Å². The summed E-state index contributed by atoms with van der Waals surface area (Å²) in [5.41, 5.74) is 6.34. The van der Waals surface area contributed by atoms with E-state index < -0.39 is 11.9 Å². The van der Waals surface area contributed by atoms with Crippen LogP contribution in [0.5, 0.6) is 5.75 Å². The van der Waals surface area contributed by atoms with Gasteiger partial charge in [-0.25, -0.2) is 0 Å². The third-order valence-electron chi connectivity index (χ3n) is 5.78. The number of piperidine rings is 1. The van der Waals surface area contributed by atoms with Crippen molar-refractivity contribution in [3.05, 3.63) is 29.8 Å². The van der Waals surface area contributed by atoms with Crippen molar-refractivity contribution in [1.82, 2.24) is 10.2 Å². The Morgan fingerprint density at radius 1 is 1.12 bits per heavy atom. The highest BCUT2D eigenvalue weighted by molar-refractivity contribution is 5.87. The van der Waals surface area contributed by atoms with E-state index in [-0.39, 0.29) is 17.6 Å². The first-order valence-corrected chi connectivity index (χ1v) is 9.64. The van der Waals surface area contributed by atoms with Crippen molar-refractivity contribution in [3.63, 3.8) is 0 Å². The molecule has 1 aliphatic carbocycles. The van der Waals surface area contributed by atoms with Gasteiger partial charge < -0.3 is 21.1 Å². The third-order valence-corrected chi connectivity index (χ3v) is 5.78. The van der Waals surface area contributed by atoms with Gasteiger partial charge in [0.05, 0.1) is 0 Å². The normalized spacial score (nSPS) is 20.8. The minimum Gasteiger partial charge on any atom is -0.508 e. The van der Waals surface area contributed by atoms with Crippen molar-refractivity contribution in [2.24, 2.45) is 11.7 Å². The molecule has 1 aromatic carbocycles. The molecule has 2 amide bonds. The third kappa shape index (κ3) is 4.75. The highest BCUT2D eigenvalue weighted by Crippen LogP contribution is 2.28. The van der Waals surface area contributed by atoms with Crippen molar-refractivity contribution in [2.75, 3.05) is 13.1 Å². The van der Waals surface area contributed by atoms with E-state index in [0.717, 1.165) is 31.5 Å². The van der Waals surface area contributed by atoms with Crippen molar-refractivity contribution in [1.29, 1.82) is 0 Å². The highest BCUT2D eigenvalue weighted by Gasteiger charge is 2.31. The van der Waals surface area contributed by atoms with Crippen LogP contribution in [0.2, 0.25) is 0 Å². The quantitative estimate of drug-likeness (QED) is 0.718. The number of carbonyl (C=O) groups excluding carboxylic acids is 2. The van der Waals surface area contributed by atoms with Gasteiger partial charge in [0, 0.05) is 18.4 Å². The summed E-state index contributed by atoms with van der Waals surface area (Å²) in [6.45, 7) is 1.92. The average Bonchev–Trinajstić information content (AvgIpc) is 3.17. The molecule has 2 aliphatic rings. The van der Waals surface area contributed by atoms with Crippen molar-refractivity contribution in [2.45, 2.75) is 57.0 Å². The zero-order chi connectivity index (χ0) is 18.5. The molecule has 26 heavy (non-hydrogen) atoms. The Balaban J connectivity index is 1.51. The summed E-state index contributed by atoms with van der Waals surface area (Å²) in [6.07, 6.45) is 7.23. The SMILES string of the molecule is NC(=O)[C@H](Cc1ccc(O)cc1)NC(=O)C1CCN(C2CCCC2)CC1. The molecular formula is C20H29N3O3. The first-order chi connectivity index (χ1) is 12.5. The number of nitrogens with two attached hydrogens (primary N) is 1. The number of hydrogen-bond donors (Lipinski definition) is 3. The molecule has 1 saturated heterocycles. The molecule has 0 unspecified atom stereocenters. The number of phenols is 1. The number of hydrogen-bond acceptors (Lipinski definition) is 4. The zero-order valence-corrected chi connectivity index (χ0v) is 15.2. The summed E-state index contributed by atoms with van der Waals surface area (Å²) >= 11 is 0. The summed E-state index contributed by atoms with van der Waals surface area (Å²) in [5.74, 6) is -0.481. The maximum absolute atomic E-state index is 12.6. The Morgan fingerprint density at radius 2 is 1.73 bits per heavy atom. The number of amides is 2. The molecule has 4 N–H and O–H groups in total. The number of rotatable bonds is 6. The smallest absolute Gasteiger partial charge is 0.240 e. The molecule has 0 aromatic heterocycles. The van der Waals surface area contributed by atoms with Crippen LogP contribution in [0.3, 0.4) is 0 Å². The maximum atomic E-state index is 12.6. The van der Waals surface area contributed by atoms with Crippen LogP contribution in [0.15, 0.2) is 24.3 Å². The van der Waals surface area contributed by atoms with Crippen LogP contribution in [0.1, 0.15) is 44.1 Å². The summed E-state index contributed by atoms with van der Waals surface area (Å²) in [7, 11) is 0. The van der Waals surface area contributed by atoms with Crippen LogP contribution < -0.4 is 11.1 Å². The molecule has 0 spiro atoms. The fourth-order valence-corrected chi connectivity index (χ4v) is 4.18. The van der Waals surface area contributed by atoms with E-state index in [1.54, 1.807) is 24.3 Å². The largest absolute Gasteiger partial charge is 0.508 e. The van der Waals surface area contributed by atoms with Gasteiger partial charge in [-0.1, -0.05) is 25.0 Å². The lowest BCUT2D eigenvalue weighted by atomic mass is 9.93. The Morgan fingerprint density at radius 3 is 2.31 bits per heavy atom. The van der Waals surface area contributed by atoms with Gasteiger partial charge in [-0.3, -0.25) is 9.59 Å². The Hall–Kier alpha value is -2.08. The van der Waals surface area contributed by atoms with E-state index in [1.165, 1.54) is 25.7 Å². The first-order valence-electron chi connectivity index (χ1n) is 9.64. The number of likely N-dealkylation sites (tertiary alicyclic amines) is 1. The molecule has 1 aliphatic heterocycles. The van der Waals surface area contributed by atoms with Gasteiger partial charge in [0.25, 0.3) is 0 Å². The molecule has 2 fully saturated rings. The first kappa shape index (κ1) is 18.7. The number of nitrogens with one attached hydrogen (secondary N) is 1. The van der Waals surface area contributed by atoms with Crippen LogP contribution in [0, 0.1) is 5.92 Å². The van der Waals surface area contributed by atoms with Gasteiger partial charge in [0.15, 0.2) is 0 Å². The minimum atomic E-state index is -0.722. The van der Waals surface area contributed by atoms with Crippen molar-refractivity contribution in [3.8, 4) is 5.75 Å². The molecule has 0 bridgehead atoms. The van der Waals surface area contributed by atoms with Gasteiger partial charge in [-0.15, -0.1) is 0 Å². The van der Waals surface area contributed by atoms with E-state index in [1.807, 2.05) is 0 Å². The van der Waals surface area contributed by atoms with E-state index in [4.69, 9.17) is 5.73 Å². The van der Waals surface area contributed by atoms with E-state index in [2.05, 4.69) is 10.2 Å². The molecule has 142 valence electrons. The topological polar surface area (TPSA) is 95.7 Å². The average molecular weight is 359 g/mol. The molecule has 1 saturated carbocycles. The molecule has 6 heteroatoms. The standard InChI is InChI=1S/C20H29N3O3/c21-19(25)18(13-14-5-7-17(24)8-6-14)22-20(26)15-9-11-23(12-10-15)16-3-1-2-4-16/h5-8,15-16,18,24H,1-4,9-13H2,(H2,21,25)(H,22,26)/t18-/m0/s1. The van der Waals surface area contributed by atoms with Gasteiger partial charge >= 0.3 is 0 Å². The Bertz CT molecular complexity index is 618. The minimum absolute atomic E-state index is 0.0469. The Labute approximate surface area is 154 Å². The van der Waals surface area contributed by atoms with Crippen LogP contribution in [0.25, 0.3) is 0 Å². The summed E-state index contributed by atoms with van der Waals surface area (Å²) in [4.78, 5) is 26.9. The Kier molecular flexibility index (Phi) is 6.14. The predicted molar refractivity (Wildman–Crippen MR) is 99.5 cm³/mol. The van der Waals surface area contributed by atoms with Crippen LogP contribution in [-0.2, 0) is 16.0 Å². The van der Waals surface area contributed by atoms with Crippen molar-refractivity contribution < 1.29 is 14.7 Å². The molecule has 3 rings (SSSR count). The monoisotopic (exact) mass is 359 g/mol. The number of benzene rings is 1. The van der Waals surface area contributed by atoms with Crippen LogP contribution in [-0.4, -0.2) is 47.0 Å². The number of primary amides is 1. The lowest BCUT2D eigenvalue weighted by Crippen LogP contribution is -2.50. The maximum Gasteiger partial charge on any atom is 0.240 e. The number of nitrogens with zero attached hydrogens (tertiary/aromatic N) is 1. The lowest BCUT2D eigenvalue weighted by Gasteiger charge is -2.35. The van der Waals surface area contributed by atoms with Gasteiger partial charge in [0.1, 0.15) is 11.8 Å². The lowest BCUT2D eigenvalue weighted by molar-refractivity contribution is -0.131. The zero-order valence-electron chi connectivity index (χ0n) is 15.2. The summed E-state index contributed by atoms with van der Waals surface area (Å²) in [6, 6.07) is 6.57. The predicted octanol–water partition coefficient (Wildman–Crippen LogP) is 1.56. The summed E-state index contributed by atoms with van der Waals surface area (Å²) in [5, 5.41) is 12.2. The number of carbonyl (C=O) groups is 2. The van der Waals surface area contributed by atoms with E-state index >= 15 is 0 Å².